The number of ketones is 1. The maximum absolute atomic E-state index is 12.1. The SMILES string of the molecule is CCC[C@@H]1CC(=O)c2c(N)cccc2NC1=O. The topological polar surface area (TPSA) is 72.2 Å². The van der Waals surface area contributed by atoms with Crippen molar-refractivity contribution in [3.05, 3.63) is 23.8 Å². The van der Waals surface area contributed by atoms with Crippen molar-refractivity contribution in [2.75, 3.05) is 11.1 Å². The van der Waals surface area contributed by atoms with Crippen LogP contribution in [0.25, 0.3) is 0 Å². The zero-order chi connectivity index (χ0) is 12.4. The fourth-order valence-electron chi connectivity index (χ4n) is 2.22. The second-order valence-corrected chi connectivity index (χ2v) is 4.37. The number of hydrogen-bond acceptors (Lipinski definition) is 3. The van der Waals surface area contributed by atoms with Crippen LogP contribution in [0.5, 0.6) is 0 Å². The van der Waals surface area contributed by atoms with E-state index in [2.05, 4.69) is 5.32 Å². The first kappa shape index (κ1) is 11.6. The maximum Gasteiger partial charge on any atom is 0.227 e. The lowest BCUT2D eigenvalue weighted by atomic mass is 9.95. The predicted octanol–water partition coefficient (Wildman–Crippen LogP) is 2.21. The first-order valence-electron chi connectivity index (χ1n) is 5.86. The average Bonchev–Trinajstić information content (AvgIpc) is 2.38. The molecule has 3 N–H and O–H groups in total. The molecule has 0 saturated carbocycles. The van der Waals surface area contributed by atoms with Crippen LogP contribution < -0.4 is 11.1 Å². The Kier molecular flexibility index (Phi) is 3.13. The van der Waals surface area contributed by atoms with Crippen molar-refractivity contribution in [1.82, 2.24) is 0 Å². The lowest BCUT2D eigenvalue weighted by Crippen LogP contribution is -2.21. The summed E-state index contributed by atoms with van der Waals surface area (Å²) in [7, 11) is 0. The van der Waals surface area contributed by atoms with Crippen molar-refractivity contribution in [3.8, 4) is 0 Å². The van der Waals surface area contributed by atoms with Crippen LogP contribution >= 0.6 is 0 Å². The zero-order valence-corrected chi connectivity index (χ0v) is 9.82. The molecule has 1 aromatic rings. The average molecular weight is 232 g/mol. The van der Waals surface area contributed by atoms with Crippen molar-refractivity contribution in [1.29, 1.82) is 0 Å². The van der Waals surface area contributed by atoms with Gasteiger partial charge in [0.05, 0.1) is 11.3 Å². The molecule has 0 aromatic heterocycles. The molecule has 4 nitrogen and oxygen atoms in total. The molecule has 1 aliphatic rings. The molecule has 0 aliphatic carbocycles. The van der Waals surface area contributed by atoms with E-state index in [1.165, 1.54) is 0 Å². The Morgan fingerprint density at radius 3 is 2.88 bits per heavy atom. The molecule has 0 bridgehead atoms. The van der Waals surface area contributed by atoms with Gasteiger partial charge in [0.25, 0.3) is 0 Å². The van der Waals surface area contributed by atoms with Crippen LogP contribution in [0.4, 0.5) is 11.4 Å². The van der Waals surface area contributed by atoms with Gasteiger partial charge in [-0.15, -0.1) is 0 Å². The van der Waals surface area contributed by atoms with Gasteiger partial charge in [-0.2, -0.15) is 0 Å². The Morgan fingerprint density at radius 2 is 2.18 bits per heavy atom. The molecule has 90 valence electrons. The molecule has 4 heteroatoms. The Balaban J connectivity index is 2.40. The van der Waals surface area contributed by atoms with Crippen LogP contribution in [0.2, 0.25) is 0 Å². The number of rotatable bonds is 2. The van der Waals surface area contributed by atoms with E-state index in [1.54, 1.807) is 18.2 Å². The van der Waals surface area contributed by atoms with E-state index in [0.717, 1.165) is 12.8 Å². The third kappa shape index (κ3) is 2.16. The third-order valence-corrected chi connectivity index (χ3v) is 3.07. The Labute approximate surface area is 100 Å². The van der Waals surface area contributed by atoms with Gasteiger partial charge in [-0.25, -0.2) is 0 Å². The first-order valence-corrected chi connectivity index (χ1v) is 5.86. The summed E-state index contributed by atoms with van der Waals surface area (Å²) in [5.74, 6) is -0.362. The zero-order valence-electron chi connectivity index (χ0n) is 9.82. The molecule has 1 amide bonds. The molecule has 0 fully saturated rings. The molecule has 17 heavy (non-hydrogen) atoms. The second kappa shape index (κ2) is 4.57. The lowest BCUT2D eigenvalue weighted by Gasteiger charge is -2.10. The minimum absolute atomic E-state index is 0.0464. The number of anilines is 2. The van der Waals surface area contributed by atoms with E-state index in [-0.39, 0.29) is 24.0 Å². The van der Waals surface area contributed by atoms with E-state index in [0.29, 0.717) is 16.9 Å². The number of nitrogens with two attached hydrogens (primary N) is 1. The fraction of sp³-hybridized carbons (Fsp3) is 0.385. The Morgan fingerprint density at radius 1 is 1.41 bits per heavy atom. The summed E-state index contributed by atoms with van der Waals surface area (Å²) in [5.41, 5.74) is 7.23. The van der Waals surface area contributed by atoms with Crippen LogP contribution in [0.15, 0.2) is 18.2 Å². The minimum Gasteiger partial charge on any atom is -0.398 e. The lowest BCUT2D eigenvalue weighted by molar-refractivity contribution is -0.120. The summed E-state index contributed by atoms with van der Waals surface area (Å²) >= 11 is 0. The molecular formula is C13H16N2O2. The van der Waals surface area contributed by atoms with Gasteiger partial charge >= 0.3 is 0 Å². The number of carbonyl (C=O) groups excluding carboxylic acids is 2. The summed E-state index contributed by atoms with van der Waals surface area (Å²) in [4.78, 5) is 24.0. The predicted molar refractivity (Wildman–Crippen MR) is 66.8 cm³/mol. The van der Waals surface area contributed by atoms with E-state index < -0.39 is 0 Å². The van der Waals surface area contributed by atoms with Crippen LogP contribution in [-0.2, 0) is 4.79 Å². The van der Waals surface area contributed by atoms with Gasteiger partial charge in [-0.3, -0.25) is 9.59 Å². The van der Waals surface area contributed by atoms with E-state index >= 15 is 0 Å². The highest BCUT2D eigenvalue weighted by atomic mass is 16.2. The van der Waals surface area contributed by atoms with Gasteiger partial charge in [0.15, 0.2) is 5.78 Å². The van der Waals surface area contributed by atoms with E-state index in [9.17, 15) is 9.59 Å². The fourth-order valence-corrected chi connectivity index (χ4v) is 2.22. The van der Waals surface area contributed by atoms with Gasteiger partial charge < -0.3 is 11.1 Å². The van der Waals surface area contributed by atoms with E-state index in [4.69, 9.17) is 5.73 Å². The quantitative estimate of drug-likeness (QED) is 0.768. The third-order valence-electron chi connectivity index (χ3n) is 3.07. The van der Waals surface area contributed by atoms with Gasteiger partial charge in [0.1, 0.15) is 0 Å². The van der Waals surface area contributed by atoms with Crippen molar-refractivity contribution < 1.29 is 9.59 Å². The van der Waals surface area contributed by atoms with Gasteiger partial charge in [-0.05, 0) is 18.6 Å². The smallest absolute Gasteiger partial charge is 0.227 e. The van der Waals surface area contributed by atoms with Crippen LogP contribution in [-0.4, -0.2) is 11.7 Å². The number of amides is 1. The highest BCUT2D eigenvalue weighted by Gasteiger charge is 2.28. The van der Waals surface area contributed by atoms with Crippen molar-refractivity contribution in [2.24, 2.45) is 5.92 Å². The second-order valence-electron chi connectivity index (χ2n) is 4.37. The van der Waals surface area contributed by atoms with Crippen LogP contribution in [0, 0.1) is 5.92 Å². The molecule has 1 atom stereocenters. The number of hydrogen-bond donors (Lipinski definition) is 2. The molecule has 1 aromatic carbocycles. The molecule has 1 aliphatic heterocycles. The highest BCUT2D eigenvalue weighted by Crippen LogP contribution is 2.30. The molecular weight excluding hydrogens is 216 g/mol. The summed E-state index contributed by atoms with van der Waals surface area (Å²) in [6.45, 7) is 2.00. The highest BCUT2D eigenvalue weighted by molar-refractivity contribution is 6.12. The van der Waals surface area contributed by atoms with E-state index in [1.807, 2.05) is 6.92 Å². The van der Waals surface area contributed by atoms with Crippen molar-refractivity contribution >= 4 is 23.1 Å². The largest absolute Gasteiger partial charge is 0.398 e. The summed E-state index contributed by atoms with van der Waals surface area (Å²) < 4.78 is 0. The molecule has 2 rings (SSSR count). The molecule has 0 saturated heterocycles. The molecule has 1 heterocycles. The number of Topliss-reactive ketones (excluding diaryl/α,β-unsaturated/α-hetero) is 1. The summed E-state index contributed by atoms with van der Waals surface area (Å²) in [6.07, 6.45) is 1.86. The summed E-state index contributed by atoms with van der Waals surface area (Å²) in [6, 6.07) is 5.14. The first-order chi connectivity index (χ1) is 8.13. The number of nitrogens with one attached hydrogen (secondary N) is 1. The summed E-state index contributed by atoms with van der Waals surface area (Å²) in [5, 5.41) is 2.79. The maximum atomic E-state index is 12.1. The van der Waals surface area contributed by atoms with Crippen LogP contribution in [0.1, 0.15) is 36.5 Å². The normalized spacial score (nSPS) is 19.5. The standard InChI is InChI=1S/C13H16N2O2/c1-2-4-8-7-11(16)12-9(14)5-3-6-10(12)15-13(8)17/h3,5-6,8H,2,4,7,14H2,1H3,(H,15,17)/t8-/m1/s1. The van der Waals surface area contributed by atoms with Gasteiger partial charge in [-0.1, -0.05) is 19.4 Å². The molecule has 0 radical (unpaired) electrons. The Bertz CT molecular complexity index is 468. The van der Waals surface area contributed by atoms with Gasteiger partial charge in [0.2, 0.25) is 5.91 Å². The van der Waals surface area contributed by atoms with Crippen LogP contribution in [0.3, 0.4) is 0 Å². The molecule has 0 spiro atoms. The number of nitrogen functional groups attached to an aromatic ring is 1. The number of carbonyl (C=O) groups is 2. The monoisotopic (exact) mass is 232 g/mol. The van der Waals surface area contributed by atoms with Gasteiger partial charge in [0, 0.05) is 18.0 Å². The van der Waals surface area contributed by atoms with Crippen molar-refractivity contribution in [3.63, 3.8) is 0 Å². The van der Waals surface area contributed by atoms with Crippen molar-refractivity contribution in [2.45, 2.75) is 26.2 Å². The Hall–Kier alpha value is -1.84. The number of benzene rings is 1. The minimum atomic E-state index is -0.237. The number of fused-ring (bicyclic) bond motifs is 1. The molecule has 0 unspecified atom stereocenters.